The van der Waals surface area contributed by atoms with E-state index < -0.39 is 6.10 Å². The number of nitrogens with zero attached hydrogens (tertiary/aromatic N) is 1. The molecule has 1 saturated heterocycles. The molecule has 148 valence electrons. The van der Waals surface area contributed by atoms with Gasteiger partial charge < -0.3 is 15.4 Å². The molecule has 0 spiro atoms. The number of ether oxygens (including phenoxy) is 1. The third kappa shape index (κ3) is 4.25. The second kappa shape index (κ2) is 8.56. The number of benzene rings is 1. The molecule has 2 aliphatic rings. The fourth-order valence-corrected chi connectivity index (χ4v) is 3.88. The Balaban J connectivity index is 1.37. The molecule has 0 unspecified atom stereocenters. The zero-order valence-corrected chi connectivity index (χ0v) is 15.9. The van der Waals surface area contributed by atoms with E-state index in [2.05, 4.69) is 20.8 Å². The Hall–Kier alpha value is -2.67. The minimum atomic E-state index is -0.396. The lowest BCUT2D eigenvalue weighted by molar-refractivity contribution is -0.124. The minimum Gasteiger partial charge on any atom is -0.368 e. The number of carbonyl (C=O) groups is 2. The largest absolute Gasteiger partial charge is 0.368 e. The first-order valence-electron chi connectivity index (χ1n) is 10.1. The van der Waals surface area contributed by atoms with Gasteiger partial charge in [0.2, 0.25) is 0 Å². The lowest BCUT2D eigenvalue weighted by atomic mass is 10.1. The molecule has 2 heterocycles. The standard InChI is InChI=1S/C21H26N4O3/c26-20(22-13-18-16-8-2-1-3-9-17(16)24-25-18)14-6-4-7-15(12-14)23-21(27)19-10-5-11-28-19/h4,6-7,12,19H,1-3,5,8-11,13H2,(H,22,26)(H,23,27)(H,24,25)/t19-/m1/s1. The Morgan fingerprint density at radius 1 is 1.18 bits per heavy atom. The fraction of sp³-hybridized carbons (Fsp3) is 0.476. The number of fused-ring (bicyclic) bond motifs is 1. The molecule has 7 nitrogen and oxygen atoms in total. The highest BCUT2D eigenvalue weighted by atomic mass is 16.5. The summed E-state index contributed by atoms with van der Waals surface area (Å²) in [6.07, 6.45) is 6.87. The van der Waals surface area contributed by atoms with E-state index >= 15 is 0 Å². The second-order valence-electron chi connectivity index (χ2n) is 7.44. The first kappa shape index (κ1) is 18.7. The summed E-state index contributed by atoms with van der Waals surface area (Å²) in [5, 5.41) is 13.3. The zero-order chi connectivity index (χ0) is 19.3. The Morgan fingerprint density at radius 2 is 2.07 bits per heavy atom. The van der Waals surface area contributed by atoms with Gasteiger partial charge in [0.05, 0.1) is 12.2 Å². The highest BCUT2D eigenvalue weighted by Crippen LogP contribution is 2.22. The summed E-state index contributed by atoms with van der Waals surface area (Å²) in [4.78, 5) is 24.8. The summed E-state index contributed by atoms with van der Waals surface area (Å²) in [5.74, 6) is -0.340. The molecule has 0 bridgehead atoms. The van der Waals surface area contributed by atoms with E-state index in [1.165, 1.54) is 30.5 Å². The van der Waals surface area contributed by atoms with Crippen LogP contribution in [0.2, 0.25) is 0 Å². The first-order chi connectivity index (χ1) is 13.7. The normalized spacial score (nSPS) is 18.9. The van der Waals surface area contributed by atoms with E-state index in [1.807, 2.05) is 0 Å². The van der Waals surface area contributed by atoms with Crippen LogP contribution in [0, 0.1) is 0 Å². The van der Waals surface area contributed by atoms with Gasteiger partial charge in [-0.3, -0.25) is 14.7 Å². The quantitative estimate of drug-likeness (QED) is 0.693. The van der Waals surface area contributed by atoms with Crippen LogP contribution in [0.1, 0.15) is 59.4 Å². The van der Waals surface area contributed by atoms with E-state index in [0.29, 0.717) is 24.4 Å². The van der Waals surface area contributed by atoms with Crippen LogP contribution in [0.15, 0.2) is 24.3 Å². The molecule has 28 heavy (non-hydrogen) atoms. The van der Waals surface area contributed by atoms with Crippen LogP contribution < -0.4 is 10.6 Å². The Morgan fingerprint density at radius 3 is 2.93 bits per heavy atom. The molecule has 2 amide bonds. The lowest BCUT2D eigenvalue weighted by Crippen LogP contribution is -2.27. The van der Waals surface area contributed by atoms with E-state index in [4.69, 9.17) is 4.74 Å². The van der Waals surface area contributed by atoms with Gasteiger partial charge in [-0.15, -0.1) is 0 Å². The van der Waals surface area contributed by atoms with Crippen LogP contribution in [0.4, 0.5) is 5.69 Å². The molecule has 0 saturated carbocycles. The Kier molecular flexibility index (Phi) is 5.71. The van der Waals surface area contributed by atoms with Gasteiger partial charge in [0.1, 0.15) is 6.10 Å². The summed E-state index contributed by atoms with van der Waals surface area (Å²) in [6.45, 7) is 1.02. The molecule has 3 N–H and O–H groups in total. The van der Waals surface area contributed by atoms with E-state index in [9.17, 15) is 9.59 Å². The number of rotatable bonds is 5. The molecular weight excluding hydrogens is 356 g/mol. The molecule has 1 aromatic carbocycles. The molecule has 1 aromatic heterocycles. The van der Waals surface area contributed by atoms with Crippen molar-refractivity contribution in [1.29, 1.82) is 0 Å². The number of hydrogen-bond acceptors (Lipinski definition) is 4. The van der Waals surface area contributed by atoms with Gasteiger partial charge in [-0.2, -0.15) is 5.10 Å². The van der Waals surface area contributed by atoms with Crippen LogP contribution in [-0.2, 0) is 28.9 Å². The van der Waals surface area contributed by atoms with Gasteiger partial charge in [-0.1, -0.05) is 12.5 Å². The van der Waals surface area contributed by atoms with Crippen molar-refractivity contribution in [2.75, 3.05) is 11.9 Å². The van der Waals surface area contributed by atoms with Gasteiger partial charge in [-0.05, 0) is 62.3 Å². The van der Waals surface area contributed by atoms with Crippen LogP contribution >= 0.6 is 0 Å². The molecule has 0 radical (unpaired) electrons. The van der Waals surface area contributed by atoms with Gasteiger partial charge in [0, 0.05) is 23.6 Å². The zero-order valence-electron chi connectivity index (χ0n) is 15.9. The van der Waals surface area contributed by atoms with E-state index in [1.54, 1.807) is 24.3 Å². The van der Waals surface area contributed by atoms with Crippen molar-refractivity contribution in [3.8, 4) is 0 Å². The van der Waals surface area contributed by atoms with E-state index in [-0.39, 0.29) is 11.8 Å². The molecule has 7 heteroatoms. The predicted molar refractivity (Wildman–Crippen MR) is 105 cm³/mol. The molecule has 1 aliphatic carbocycles. The highest BCUT2D eigenvalue weighted by Gasteiger charge is 2.23. The number of hydrogen-bond donors (Lipinski definition) is 3. The maximum atomic E-state index is 12.6. The molecule has 4 rings (SSSR count). The number of amides is 2. The van der Waals surface area contributed by atoms with Crippen LogP contribution in [-0.4, -0.2) is 34.7 Å². The number of carbonyl (C=O) groups excluding carboxylic acids is 2. The molecule has 2 aromatic rings. The van der Waals surface area contributed by atoms with Crippen molar-refractivity contribution in [1.82, 2.24) is 15.5 Å². The van der Waals surface area contributed by atoms with Crippen molar-refractivity contribution in [2.24, 2.45) is 0 Å². The molecule has 1 aliphatic heterocycles. The molecule has 1 fully saturated rings. The summed E-state index contributed by atoms with van der Waals surface area (Å²) in [7, 11) is 0. The van der Waals surface area contributed by atoms with Gasteiger partial charge in [0.15, 0.2) is 0 Å². The number of nitrogens with one attached hydrogen (secondary N) is 3. The monoisotopic (exact) mass is 382 g/mol. The van der Waals surface area contributed by atoms with E-state index in [0.717, 1.165) is 31.4 Å². The molecular formula is C21H26N4O3. The van der Waals surface area contributed by atoms with Crippen molar-refractivity contribution < 1.29 is 14.3 Å². The number of aromatic nitrogens is 2. The summed E-state index contributed by atoms with van der Waals surface area (Å²) in [6, 6.07) is 6.97. The summed E-state index contributed by atoms with van der Waals surface area (Å²) < 4.78 is 5.40. The maximum Gasteiger partial charge on any atom is 0.253 e. The SMILES string of the molecule is O=C(NCc1n[nH]c2c1CCCCC2)c1cccc(NC(=O)[C@H]2CCCO2)c1. The molecule has 1 atom stereocenters. The number of anilines is 1. The van der Waals surface area contributed by atoms with Crippen LogP contribution in [0.5, 0.6) is 0 Å². The van der Waals surface area contributed by atoms with Gasteiger partial charge in [-0.25, -0.2) is 0 Å². The number of aryl methyl sites for hydroxylation is 1. The average Bonchev–Trinajstić information content (AvgIpc) is 3.32. The van der Waals surface area contributed by atoms with Crippen LogP contribution in [0.3, 0.4) is 0 Å². The first-order valence-corrected chi connectivity index (χ1v) is 10.1. The third-order valence-electron chi connectivity index (χ3n) is 5.42. The average molecular weight is 382 g/mol. The third-order valence-corrected chi connectivity index (χ3v) is 5.42. The van der Waals surface area contributed by atoms with Crippen LogP contribution in [0.25, 0.3) is 0 Å². The highest BCUT2D eigenvalue weighted by molar-refractivity contribution is 5.98. The van der Waals surface area contributed by atoms with Crippen molar-refractivity contribution in [3.63, 3.8) is 0 Å². The van der Waals surface area contributed by atoms with Crippen molar-refractivity contribution >= 4 is 17.5 Å². The van der Waals surface area contributed by atoms with Crippen molar-refractivity contribution in [2.45, 2.75) is 57.6 Å². The van der Waals surface area contributed by atoms with Gasteiger partial charge in [0.25, 0.3) is 11.8 Å². The summed E-state index contributed by atoms with van der Waals surface area (Å²) >= 11 is 0. The second-order valence-corrected chi connectivity index (χ2v) is 7.44. The minimum absolute atomic E-state index is 0.158. The summed E-state index contributed by atoms with van der Waals surface area (Å²) in [5.41, 5.74) is 4.50. The van der Waals surface area contributed by atoms with Gasteiger partial charge >= 0.3 is 0 Å². The Labute approximate surface area is 164 Å². The topological polar surface area (TPSA) is 96.1 Å². The lowest BCUT2D eigenvalue weighted by Gasteiger charge is -2.11. The maximum absolute atomic E-state index is 12.6. The predicted octanol–water partition coefficient (Wildman–Crippen LogP) is 2.73. The fourth-order valence-electron chi connectivity index (χ4n) is 3.88. The van der Waals surface area contributed by atoms with Crippen molar-refractivity contribution in [3.05, 3.63) is 46.8 Å². The number of H-pyrrole nitrogens is 1. The number of aromatic amines is 1. The smallest absolute Gasteiger partial charge is 0.253 e. The Bertz CT molecular complexity index is 855.